The fourth-order valence-corrected chi connectivity index (χ4v) is 4.88. The summed E-state index contributed by atoms with van der Waals surface area (Å²) >= 11 is 0. The van der Waals surface area contributed by atoms with Gasteiger partial charge in [0, 0.05) is 41.6 Å². The second kappa shape index (κ2) is 7.07. The van der Waals surface area contributed by atoms with Gasteiger partial charge in [-0.25, -0.2) is 0 Å². The molecule has 0 saturated carbocycles. The highest BCUT2D eigenvalue weighted by atomic mass is 16.5. The molecular weight excluding hydrogens is 376 g/mol. The first-order valence-electron chi connectivity index (χ1n) is 10.3. The van der Waals surface area contributed by atoms with Crippen LogP contribution in [0.5, 0.6) is 11.5 Å². The van der Waals surface area contributed by atoms with Crippen LogP contribution in [0.2, 0.25) is 0 Å². The van der Waals surface area contributed by atoms with E-state index in [0.29, 0.717) is 5.75 Å². The summed E-state index contributed by atoms with van der Waals surface area (Å²) in [6.45, 7) is 2.50. The Morgan fingerprint density at radius 3 is 2.80 bits per heavy atom. The first kappa shape index (κ1) is 19.0. The van der Waals surface area contributed by atoms with E-state index in [1.165, 1.54) is 22.0 Å². The Morgan fingerprint density at radius 1 is 1.23 bits per heavy atom. The molecule has 0 unspecified atom stereocenters. The van der Waals surface area contributed by atoms with Gasteiger partial charge in [0.05, 0.1) is 30.6 Å². The molecule has 0 atom stereocenters. The molecule has 2 aromatic carbocycles. The number of nitrogens with one attached hydrogen (secondary N) is 1. The predicted octanol–water partition coefficient (Wildman–Crippen LogP) is 4.01. The number of methoxy groups -OCH3 is 1. The van der Waals surface area contributed by atoms with Gasteiger partial charge in [-0.3, -0.25) is 4.90 Å². The highest BCUT2D eigenvalue weighted by molar-refractivity contribution is 6.06. The molecule has 0 aliphatic carbocycles. The number of nitrogens with zero attached hydrogens (tertiary/aromatic N) is 3. The summed E-state index contributed by atoms with van der Waals surface area (Å²) in [5, 5.41) is 13.6. The number of para-hydroxylation sites is 1. The second-order valence-electron chi connectivity index (χ2n) is 8.52. The Bertz CT molecular complexity index is 1250. The van der Waals surface area contributed by atoms with Gasteiger partial charge in [0.2, 0.25) is 0 Å². The summed E-state index contributed by atoms with van der Waals surface area (Å²) < 4.78 is 7.94. The van der Waals surface area contributed by atoms with E-state index in [2.05, 4.69) is 71.0 Å². The average molecular weight is 405 g/mol. The number of ether oxygens (including phenoxy) is 1. The molecular formula is C24H28N4O2. The number of fused-ring (bicyclic) bond motifs is 4. The molecule has 2 aromatic heterocycles. The summed E-state index contributed by atoms with van der Waals surface area (Å²) in [6.07, 6.45) is 2.98. The average Bonchev–Trinajstić information content (AvgIpc) is 3.26. The van der Waals surface area contributed by atoms with Crippen molar-refractivity contribution in [2.75, 3.05) is 34.8 Å². The minimum atomic E-state index is 0.258. The Kier molecular flexibility index (Phi) is 4.49. The normalized spacial score (nSPS) is 14.7. The van der Waals surface area contributed by atoms with Crippen molar-refractivity contribution in [2.45, 2.75) is 19.6 Å². The van der Waals surface area contributed by atoms with Crippen LogP contribution in [0.15, 0.2) is 36.5 Å². The van der Waals surface area contributed by atoms with Crippen LogP contribution in [0.1, 0.15) is 11.1 Å². The molecule has 0 amide bonds. The Morgan fingerprint density at radius 2 is 2.03 bits per heavy atom. The standard InChI is InChI=1S/C24H28N4O2/c1-26(2)14-28-18-8-6-5-7-16(18)17-9-10-27(3)13-15-12-25-23-20(30-4)11-19(29)22(21(15)23)24(17)28/h5-8,11-12,25,29H,9-10,13-14H2,1-4H3. The number of aromatic hydroxyl groups is 1. The van der Waals surface area contributed by atoms with E-state index in [9.17, 15) is 5.11 Å². The Balaban J connectivity index is 1.97. The molecule has 156 valence electrons. The molecule has 1 aliphatic heterocycles. The highest BCUT2D eigenvalue weighted by Gasteiger charge is 2.27. The second-order valence-corrected chi connectivity index (χ2v) is 8.52. The number of benzene rings is 2. The molecule has 6 nitrogen and oxygen atoms in total. The quantitative estimate of drug-likeness (QED) is 0.542. The van der Waals surface area contributed by atoms with E-state index in [0.717, 1.165) is 48.3 Å². The molecule has 0 saturated heterocycles. The molecule has 0 spiro atoms. The zero-order valence-electron chi connectivity index (χ0n) is 18.0. The van der Waals surface area contributed by atoms with Gasteiger partial charge < -0.3 is 24.3 Å². The summed E-state index contributed by atoms with van der Waals surface area (Å²) in [6, 6.07) is 10.3. The molecule has 0 fully saturated rings. The maximum absolute atomic E-state index is 11.3. The summed E-state index contributed by atoms with van der Waals surface area (Å²) in [7, 11) is 7.96. The molecule has 0 bridgehead atoms. The van der Waals surface area contributed by atoms with E-state index >= 15 is 0 Å². The summed E-state index contributed by atoms with van der Waals surface area (Å²) in [4.78, 5) is 7.92. The third kappa shape index (κ3) is 2.79. The maximum atomic E-state index is 11.3. The van der Waals surface area contributed by atoms with Gasteiger partial charge in [-0.1, -0.05) is 18.2 Å². The SMILES string of the molecule is COc1cc(O)c2c3c(c[nH]c13)CN(C)CCc1c-2n(CN(C)C)c2ccccc12. The van der Waals surface area contributed by atoms with Gasteiger partial charge in [-0.2, -0.15) is 0 Å². The van der Waals surface area contributed by atoms with Crippen molar-refractivity contribution in [1.82, 2.24) is 19.4 Å². The van der Waals surface area contributed by atoms with Crippen molar-refractivity contribution >= 4 is 21.8 Å². The molecule has 3 heterocycles. The third-order valence-electron chi connectivity index (χ3n) is 6.12. The number of likely N-dealkylation sites (N-methyl/N-ethyl adjacent to an activating group) is 1. The lowest BCUT2D eigenvalue weighted by molar-refractivity contribution is 0.330. The van der Waals surface area contributed by atoms with Crippen LogP contribution in [-0.2, 0) is 19.6 Å². The van der Waals surface area contributed by atoms with Crippen molar-refractivity contribution in [3.63, 3.8) is 0 Å². The highest BCUT2D eigenvalue weighted by Crippen LogP contribution is 2.47. The fourth-order valence-electron chi connectivity index (χ4n) is 4.88. The van der Waals surface area contributed by atoms with Crippen molar-refractivity contribution in [3.05, 3.63) is 47.7 Å². The van der Waals surface area contributed by atoms with Crippen molar-refractivity contribution in [3.8, 4) is 22.8 Å². The van der Waals surface area contributed by atoms with E-state index in [1.807, 2.05) is 0 Å². The number of aromatic nitrogens is 2. The smallest absolute Gasteiger partial charge is 0.146 e. The van der Waals surface area contributed by atoms with Gasteiger partial charge in [0.1, 0.15) is 11.5 Å². The van der Waals surface area contributed by atoms with Crippen LogP contribution in [0.25, 0.3) is 33.1 Å². The van der Waals surface area contributed by atoms with Crippen LogP contribution < -0.4 is 4.74 Å². The number of hydrogen-bond acceptors (Lipinski definition) is 4. The number of aromatic amines is 1. The minimum absolute atomic E-state index is 0.258. The van der Waals surface area contributed by atoms with Crippen molar-refractivity contribution in [2.24, 2.45) is 0 Å². The monoisotopic (exact) mass is 404 g/mol. The van der Waals surface area contributed by atoms with E-state index in [1.54, 1.807) is 13.2 Å². The van der Waals surface area contributed by atoms with Crippen LogP contribution in [0, 0.1) is 0 Å². The fraction of sp³-hybridized carbons (Fsp3) is 0.333. The van der Waals surface area contributed by atoms with Gasteiger partial charge in [-0.05, 0) is 44.8 Å². The molecule has 4 aromatic rings. The maximum Gasteiger partial charge on any atom is 0.146 e. The largest absolute Gasteiger partial charge is 0.507 e. The van der Waals surface area contributed by atoms with Crippen LogP contribution in [0.3, 0.4) is 0 Å². The van der Waals surface area contributed by atoms with Crippen molar-refractivity contribution in [1.29, 1.82) is 0 Å². The predicted molar refractivity (Wildman–Crippen MR) is 121 cm³/mol. The molecule has 2 N–H and O–H groups in total. The molecule has 0 radical (unpaired) electrons. The van der Waals surface area contributed by atoms with E-state index in [-0.39, 0.29) is 5.75 Å². The Hall–Kier alpha value is -2.96. The minimum Gasteiger partial charge on any atom is -0.507 e. The Labute approximate surface area is 176 Å². The zero-order chi connectivity index (χ0) is 21.0. The van der Waals surface area contributed by atoms with Crippen molar-refractivity contribution < 1.29 is 9.84 Å². The van der Waals surface area contributed by atoms with Crippen LogP contribution >= 0.6 is 0 Å². The lowest BCUT2D eigenvalue weighted by Crippen LogP contribution is -2.20. The molecule has 6 heteroatoms. The lowest BCUT2D eigenvalue weighted by atomic mass is 9.97. The van der Waals surface area contributed by atoms with E-state index < -0.39 is 0 Å². The van der Waals surface area contributed by atoms with Crippen LogP contribution in [-0.4, -0.2) is 59.3 Å². The van der Waals surface area contributed by atoms with Gasteiger partial charge in [-0.15, -0.1) is 0 Å². The van der Waals surface area contributed by atoms with Gasteiger partial charge in [0.25, 0.3) is 0 Å². The first-order chi connectivity index (χ1) is 14.5. The molecule has 1 aliphatic rings. The lowest BCUT2D eigenvalue weighted by Gasteiger charge is -2.19. The summed E-state index contributed by atoms with van der Waals surface area (Å²) in [5.74, 6) is 0.921. The van der Waals surface area contributed by atoms with Crippen LogP contribution in [0.4, 0.5) is 0 Å². The summed E-state index contributed by atoms with van der Waals surface area (Å²) in [5.41, 5.74) is 6.58. The van der Waals surface area contributed by atoms with Gasteiger partial charge >= 0.3 is 0 Å². The zero-order valence-corrected chi connectivity index (χ0v) is 18.0. The number of H-pyrrole nitrogens is 1. The number of hydrogen-bond donors (Lipinski definition) is 2. The topological polar surface area (TPSA) is 56.7 Å². The molecule has 5 rings (SSSR count). The van der Waals surface area contributed by atoms with Gasteiger partial charge in [0.15, 0.2) is 0 Å². The van der Waals surface area contributed by atoms with E-state index in [4.69, 9.17) is 4.74 Å². The number of rotatable bonds is 3. The molecule has 30 heavy (non-hydrogen) atoms. The third-order valence-corrected chi connectivity index (χ3v) is 6.12. The number of phenols is 1. The first-order valence-corrected chi connectivity index (χ1v) is 10.3. The number of phenolic OH excluding ortho intramolecular Hbond substituents is 1.